The first-order chi connectivity index (χ1) is 17.7. The summed E-state index contributed by atoms with van der Waals surface area (Å²) in [4.78, 5) is 1.68. The summed E-state index contributed by atoms with van der Waals surface area (Å²) >= 11 is 0. The minimum absolute atomic E-state index is 0.265. The quantitative estimate of drug-likeness (QED) is 0.257. The normalized spacial score (nSPS) is 12.4. The second-order valence-electron chi connectivity index (χ2n) is 9.53. The molecule has 5 rings (SSSR count). The predicted octanol–water partition coefficient (Wildman–Crippen LogP) is 6.15. The van der Waals surface area contributed by atoms with Crippen LogP contribution in [-0.4, -0.2) is 34.9 Å². The number of hydrogen-bond acceptors (Lipinski definition) is 5. The highest BCUT2D eigenvalue weighted by molar-refractivity contribution is 7.90. The smallest absolute Gasteiger partial charge is 0.205 e. The third-order valence-electron chi connectivity index (χ3n) is 6.40. The van der Waals surface area contributed by atoms with Crippen molar-refractivity contribution in [1.82, 2.24) is 20.2 Å². The largest absolute Gasteiger partial charge is 0.224 e. The Morgan fingerprint density at radius 1 is 0.919 bits per heavy atom. The molecule has 0 saturated carbocycles. The summed E-state index contributed by atoms with van der Waals surface area (Å²) in [7, 11) is -1.58. The van der Waals surface area contributed by atoms with Crippen molar-refractivity contribution in [3.05, 3.63) is 107 Å². The zero-order chi connectivity index (χ0) is 26.2. The first kappa shape index (κ1) is 24.6. The highest BCUT2D eigenvalue weighted by atomic mass is 32.2. The molecule has 0 atom stereocenters. The van der Waals surface area contributed by atoms with Crippen molar-refractivity contribution in [3.8, 4) is 11.1 Å². The Labute approximate surface area is 217 Å². The molecule has 0 fully saturated rings. The summed E-state index contributed by atoms with van der Waals surface area (Å²) in [6.45, 7) is 4.42. The van der Waals surface area contributed by atoms with E-state index in [-0.39, 0.29) is 4.90 Å². The molecule has 7 heteroatoms. The molecule has 0 spiro atoms. The van der Waals surface area contributed by atoms with Crippen LogP contribution in [0.2, 0.25) is 0 Å². The number of aryl methyl sites for hydroxylation is 1. The van der Waals surface area contributed by atoms with Crippen LogP contribution in [0.4, 0.5) is 0 Å². The van der Waals surface area contributed by atoms with Crippen molar-refractivity contribution in [1.29, 1.82) is 0 Å². The Kier molecular flexibility index (Phi) is 6.48. The van der Waals surface area contributed by atoms with Gasteiger partial charge in [-0.1, -0.05) is 80.6 Å². The van der Waals surface area contributed by atoms with E-state index in [1.807, 2.05) is 18.2 Å². The van der Waals surface area contributed by atoms with Gasteiger partial charge < -0.3 is 0 Å². The van der Waals surface area contributed by atoms with E-state index in [1.54, 1.807) is 31.3 Å². The minimum atomic E-state index is -3.30. The van der Waals surface area contributed by atoms with Crippen molar-refractivity contribution in [2.75, 3.05) is 6.26 Å². The molecule has 0 unspecified atom stereocenters. The lowest BCUT2D eigenvalue weighted by molar-refractivity contribution is 0.602. The molecule has 6 nitrogen and oxygen atoms in total. The lowest BCUT2D eigenvalue weighted by Gasteiger charge is -2.14. The van der Waals surface area contributed by atoms with E-state index < -0.39 is 9.84 Å². The average molecular weight is 509 g/mol. The second-order valence-corrected chi connectivity index (χ2v) is 11.5. The molecule has 0 aliphatic carbocycles. The number of rotatable bonds is 6. The van der Waals surface area contributed by atoms with Crippen LogP contribution in [0, 0.1) is 0 Å². The summed E-state index contributed by atoms with van der Waals surface area (Å²) in [6.07, 6.45) is 3.22. The molecule has 5 aromatic rings. The lowest BCUT2D eigenvalue weighted by Crippen LogP contribution is -1.98. The zero-order valence-electron chi connectivity index (χ0n) is 21.3. The van der Waals surface area contributed by atoms with Gasteiger partial charge in [0.15, 0.2) is 9.84 Å². The van der Waals surface area contributed by atoms with E-state index in [2.05, 4.69) is 77.8 Å². The second kappa shape index (κ2) is 9.75. The summed E-state index contributed by atoms with van der Waals surface area (Å²) < 4.78 is 23.9. The number of aromatic nitrogens is 4. The van der Waals surface area contributed by atoms with Gasteiger partial charge in [-0.3, -0.25) is 0 Å². The van der Waals surface area contributed by atoms with Crippen LogP contribution in [0.25, 0.3) is 33.5 Å². The van der Waals surface area contributed by atoms with Crippen molar-refractivity contribution < 1.29 is 8.42 Å². The van der Waals surface area contributed by atoms with E-state index in [1.165, 1.54) is 33.0 Å². The minimum Gasteiger partial charge on any atom is -0.224 e. The van der Waals surface area contributed by atoms with Crippen LogP contribution < -0.4 is 0 Å². The average Bonchev–Trinajstić information content (AvgIpc) is 3.32. The van der Waals surface area contributed by atoms with Gasteiger partial charge in [-0.25, -0.2) is 8.42 Å². The third kappa shape index (κ3) is 5.22. The Morgan fingerprint density at radius 3 is 2.35 bits per heavy atom. The maximum atomic E-state index is 12.0. The maximum Gasteiger partial charge on any atom is 0.205 e. The standard InChI is InChI=1S/C30H28N4O2S/c1-20(2)25-18-24-9-5-6-11-27(24)28(19-25)23-10-7-8-21(16-23)17-29(30-31-33-34(3)32-30)22-12-14-26(15-13-22)37(4,35)36/h5-20H,1-4H3/b29-17+. The third-order valence-corrected chi connectivity index (χ3v) is 7.53. The van der Waals surface area contributed by atoms with Crippen LogP contribution >= 0.6 is 0 Å². The summed E-state index contributed by atoms with van der Waals surface area (Å²) in [5, 5.41) is 15.1. The van der Waals surface area contributed by atoms with Crippen molar-refractivity contribution >= 4 is 32.3 Å². The van der Waals surface area contributed by atoms with Crippen LogP contribution in [0.15, 0.2) is 89.8 Å². The van der Waals surface area contributed by atoms with Crippen LogP contribution in [0.1, 0.15) is 42.3 Å². The monoisotopic (exact) mass is 508 g/mol. The fraction of sp³-hybridized carbons (Fsp3) is 0.167. The van der Waals surface area contributed by atoms with Crippen molar-refractivity contribution in [2.45, 2.75) is 24.7 Å². The Bertz CT molecular complexity index is 1730. The van der Waals surface area contributed by atoms with Gasteiger partial charge in [0.2, 0.25) is 5.82 Å². The highest BCUT2D eigenvalue weighted by Crippen LogP contribution is 2.34. The molecule has 0 bridgehead atoms. The topological polar surface area (TPSA) is 77.7 Å². The Balaban J connectivity index is 1.65. The van der Waals surface area contributed by atoms with Crippen LogP contribution in [-0.2, 0) is 16.9 Å². The number of tetrazole rings is 1. The molecule has 0 saturated heterocycles. The van der Waals surface area contributed by atoms with Gasteiger partial charge >= 0.3 is 0 Å². The summed E-state index contributed by atoms with van der Waals surface area (Å²) in [6, 6.07) is 28.2. The first-order valence-electron chi connectivity index (χ1n) is 12.1. The van der Waals surface area contributed by atoms with E-state index in [0.717, 1.165) is 22.3 Å². The molecule has 0 radical (unpaired) electrons. The van der Waals surface area contributed by atoms with Crippen molar-refractivity contribution in [2.24, 2.45) is 7.05 Å². The molecule has 0 amide bonds. The van der Waals surface area contributed by atoms with E-state index in [9.17, 15) is 8.42 Å². The van der Waals surface area contributed by atoms with Crippen LogP contribution in [0.5, 0.6) is 0 Å². The molecular weight excluding hydrogens is 480 g/mol. The number of nitrogens with zero attached hydrogens (tertiary/aromatic N) is 4. The molecular formula is C30H28N4O2S. The first-order valence-corrected chi connectivity index (χ1v) is 14.0. The number of hydrogen-bond donors (Lipinski definition) is 0. The SMILES string of the molecule is CC(C)c1cc(-c2cccc(/C=C(\c3ccc(S(C)(=O)=O)cc3)c3nnn(C)n3)c2)c2ccccc2c1. The fourth-order valence-corrected chi connectivity index (χ4v) is 5.05. The molecule has 0 aliphatic rings. The summed E-state index contributed by atoms with van der Waals surface area (Å²) in [5.74, 6) is 0.878. The molecule has 1 aromatic heterocycles. The number of benzene rings is 4. The van der Waals surface area contributed by atoms with Gasteiger partial charge in [0, 0.05) is 11.8 Å². The molecule has 0 aliphatic heterocycles. The van der Waals surface area contributed by atoms with E-state index in [4.69, 9.17) is 0 Å². The predicted molar refractivity (Wildman–Crippen MR) is 149 cm³/mol. The van der Waals surface area contributed by atoms with Gasteiger partial charge in [-0.05, 0) is 74.0 Å². The van der Waals surface area contributed by atoms with E-state index in [0.29, 0.717) is 11.7 Å². The highest BCUT2D eigenvalue weighted by Gasteiger charge is 2.14. The maximum absolute atomic E-state index is 12.0. The summed E-state index contributed by atoms with van der Waals surface area (Å²) in [5.41, 5.74) is 6.14. The molecule has 4 aromatic carbocycles. The fourth-order valence-electron chi connectivity index (χ4n) is 4.42. The Morgan fingerprint density at radius 2 is 1.68 bits per heavy atom. The molecule has 0 N–H and O–H groups in total. The van der Waals surface area contributed by atoms with Gasteiger partial charge in [0.1, 0.15) is 0 Å². The molecule has 37 heavy (non-hydrogen) atoms. The van der Waals surface area contributed by atoms with Gasteiger partial charge in [0.25, 0.3) is 0 Å². The van der Waals surface area contributed by atoms with E-state index >= 15 is 0 Å². The van der Waals surface area contributed by atoms with Crippen molar-refractivity contribution in [3.63, 3.8) is 0 Å². The Hall–Kier alpha value is -4.10. The number of sulfone groups is 1. The molecule has 186 valence electrons. The number of fused-ring (bicyclic) bond motifs is 1. The van der Waals surface area contributed by atoms with Gasteiger partial charge in [-0.15, -0.1) is 10.2 Å². The van der Waals surface area contributed by atoms with Gasteiger partial charge in [-0.2, -0.15) is 4.80 Å². The molecule has 1 heterocycles. The zero-order valence-corrected chi connectivity index (χ0v) is 22.1. The van der Waals surface area contributed by atoms with Gasteiger partial charge in [0.05, 0.1) is 11.9 Å². The lowest BCUT2D eigenvalue weighted by atomic mass is 9.91. The van der Waals surface area contributed by atoms with Crippen LogP contribution in [0.3, 0.4) is 0 Å².